The normalized spacial score (nSPS) is 14.1. The highest BCUT2D eigenvalue weighted by Crippen LogP contribution is 2.34. The molecule has 0 bridgehead atoms. The molecule has 0 radical (unpaired) electrons. The van der Waals surface area contributed by atoms with Gasteiger partial charge in [-0.15, -0.1) is 0 Å². The molecule has 3 rings (SSSR count). The number of hydrogen-bond donors (Lipinski definition) is 0. The lowest BCUT2D eigenvalue weighted by Gasteiger charge is -2.28. The fourth-order valence-electron chi connectivity index (χ4n) is 2.84. The fourth-order valence-corrected chi connectivity index (χ4v) is 3.85. The van der Waals surface area contributed by atoms with E-state index in [1.165, 1.54) is 12.1 Å². The van der Waals surface area contributed by atoms with Crippen molar-refractivity contribution in [2.75, 3.05) is 31.2 Å². The minimum atomic E-state index is -0.709. The van der Waals surface area contributed by atoms with Crippen LogP contribution in [0.25, 0.3) is 0 Å². The Balaban J connectivity index is 1.89. The van der Waals surface area contributed by atoms with Gasteiger partial charge in [0.1, 0.15) is 5.69 Å². The van der Waals surface area contributed by atoms with Gasteiger partial charge in [0.25, 0.3) is 5.69 Å². The van der Waals surface area contributed by atoms with E-state index in [0.717, 1.165) is 4.47 Å². The van der Waals surface area contributed by atoms with Gasteiger partial charge in [-0.2, -0.15) is 0 Å². The second kappa shape index (κ2) is 8.24. The Morgan fingerprint density at radius 3 is 2.63 bits per heavy atom. The molecule has 0 aliphatic carbocycles. The third-order valence-electron chi connectivity index (χ3n) is 4.15. The average molecular weight is 456 g/mol. The molecule has 9 heteroatoms. The maximum atomic E-state index is 12.5. The zero-order chi connectivity index (χ0) is 19.6. The van der Waals surface area contributed by atoms with Gasteiger partial charge >= 0.3 is 5.97 Å². The van der Waals surface area contributed by atoms with Gasteiger partial charge < -0.3 is 14.4 Å². The maximum Gasteiger partial charge on any atom is 0.343 e. The van der Waals surface area contributed by atoms with E-state index in [4.69, 9.17) is 21.1 Å². The predicted molar refractivity (Wildman–Crippen MR) is 105 cm³/mol. The summed E-state index contributed by atoms with van der Waals surface area (Å²) in [6, 6.07) is 7.69. The van der Waals surface area contributed by atoms with Crippen molar-refractivity contribution in [1.29, 1.82) is 0 Å². The highest BCUT2D eigenvalue weighted by Gasteiger charge is 2.24. The number of nitrogens with zero attached hydrogens (tertiary/aromatic N) is 2. The van der Waals surface area contributed by atoms with Crippen LogP contribution in [0.3, 0.4) is 0 Å². The monoisotopic (exact) mass is 454 g/mol. The van der Waals surface area contributed by atoms with E-state index >= 15 is 0 Å². The number of carbonyl (C=O) groups is 1. The van der Waals surface area contributed by atoms with E-state index in [9.17, 15) is 14.9 Å². The van der Waals surface area contributed by atoms with Gasteiger partial charge in [-0.05, 0) is 36.8 Å². The molecule has 0 amide bonds. The van der Waals surface area contributed by atoms with Crippen LogP contribution in [0.2, 0.25) is 5.02 Å². The quantitative estimate of drug-likeness (QED) is 0.295. The summed E-state index contributed by atoms with van der Waals surface area (Å²) in [7, 11) is 0. The predicted octanol–water partition coefficient (Wildman–Crippen LogP) is 4.37. The van der Waals surface area contributed by atoms with Gasteiger partial charge in [0.15, 0.2) is 5.75 Å². The number of rotatable bonds is 4. The van der Waals surface area contributed by atoms with E-state index < -0.39 is 10.9 Å². The summed E-state index contributed by atoms with van der Waals surface area (Å²) in [5.41, 5.74) is 1.06. The second-order valence-corrected chi connectivity index (χ2v) is 7.31. The van der Waals surface area contributed by atoms with Gasteiger partial charge in [-0.25, -0.2) is 4.79 Å². The van der Waals surface area contributed by atoms with Crippen molar-refractivity contribution < 1.29 is 19.2 Å². The van der Waals surface area contributed by atoms with Crippen molar-refractivity contribution in [3.63, 3.8) is 0 Å². The first-order valence-corrected chi connectivity index (χ1v) is 9.33. The van der Waals surface area contributed by atoms with Crippen molar-refractivity contribution in [2.24, 2.45) is 0 Å². The van der Waals surface area contributed by atoms with E-state index in [0.29, 0.717) is 37.6 Å². The van der Waals surface area contributed by atoms with Crippen LogP contribution in [0.4, 0.5) is 11.4 Å². The molecule has 0 spiro atoms. The standard InChI is InChI=1S/C18H16BrClN2O5/c1-11-8-13(19)10-14(20)17(11)27-18(23)12-2-3-15(16(9-12)22(24)25)21-4-6-26-7-5-21/h2-3,8-10H,4-7H2,1H3. The minimum absolute atomic E-state index is 0.0806. The molecule has 0 aromatic heterocycles. The average Bonchev–Trinajstić information content (AvgIpc) is 2.64. The van der Waals surface area contributed by atoms with Crippen molar-refractivity contribution in [1.82, 2.24) is 0 Å². The van der Waals surface area contributed by atoms with Crippen molar-refractivity contribution in [3.05, 3.63) is 61.1 Å². The minimum Gasteiger partial charge on any atom is -0.421 e. The third-order valence-corrected chi connectivity index (χ3v) is 4.89. The Hall–Kier alpha value is -2.16. The first-order chi connectivity index (χ1) is 12.9. The number of esters is 1. The van der Waals surface area contributed by atoms with Gasteiger partial charge in [-0.3, -0.25) is 10.1 Å². The van der Waals surface area contributed by atoms with Gasteiger partial charge in [0, 0.05) is 23.6 Å². The van der Waals surface area contributed by atoms with Crippen molar-refractivity contribution >= 4 is 44.9 Å². The number of aryl methyl sites for hydroxylation is 1. The Morgan fingerprint density at radius 1 is 1.30 bits per heavy atom. The number of carbonyl (C=O) groups excluding carboxylic acids is 1. The van der Waals surface area contributed by atoms with Gasteiger partial charge in [0.2, 0.25) is 0 Å². The number of benzene rings is 2. The lowest BCUT2D eigenvalue weighted by atomic mass is 10.1. The first kappa shape index (κ1) is 19.6. The molecule has 0 N–H and O–H groups in total. The number of nitro groups is 1. The maximum absolute atomic E-state index is 12.5. The number of halogens is 2. The Labute approximate surface area is 169 Å². The third kappa shape index (κ3) is 4.40. The van der Waals surface area contributed by atoms with Crippen LogP contribution in [0, 0.1) is 17.0 Å². The van der Waals surface area contributed by atoms with E-state index in [-0.39, 0.29) is 22.0 Å². The van der Waals surface area contributed by atoms with E-state index in [2.05, 4.69) is 15.9 Å². The van der Waals surface area contributed by atoms with Crippen molar-refractivity contribution in [2.45, 2.75) is 6.92 Å². The smallest absolute Gasteiger partial charge is 0.343 e. The number of ether oxygens (including phenoxy) is 2. The van der Waals surface area contributed by atoms with Crippen LogP contribution in [0.1, 0.15) is 15.9 Å². The lowest BCUT2D eigenvalue weighted by Crippen LogP contribution is -2.36. The zero-order valence-corrected chi connectivity index (χ0v) is 16.7. The highest BCUT2D eigenvalue weighted by molar-refractivity contribution is 9.10. The molecular formula is C18H16BrClN2O5. The molecule has 1 fully saturated rings. The van der Waals surface area contributed by atoms with Crippen LogP contribution >= 0.6 is 27.5 Å². The molecule has 142 valence electrons. The Kier molecular flexibility index (Phi) is 5.98. The summed E-state index contributed by atoms with van der Waals surface area (Å²) in [6.07, 6.45) is 0. The Bertz CT molecular complexity index is 876. The van der Waals surface area contributed by atoms with Crippen LogP contribution in [0.5, 0.6) is 5.75 Å². The first-order valence-electron chi connectivity index (χ1n) is 8.16. The molecule has 2 aromatic rings. The molecule has 1 saturated heterocycles. The van der Waals surface area contributed by atoms with Gasteiger partial charge in [-0.1, -0.05) is 27.5 Å². The molecular weight excluding hydrogens is 440 g/mol. The molecule has 27 heavy (non-hydrogen) atoms. The Morgan fingerprint density at radius 2 is 2.00 bits per heavy atom. The number of anilines is 1. The number of nitro benzene ring substituents is 1. The van der Waals surface area contributed by atoms with Crippen LogP contribution < -0.4 is 9.64 Å². The summed E-state index contributed by atoms with van der Waals surface area (Å²) in [5.74, 6) is -0.483. The van der Waals surface area contributed by atoms with E-state index in [1.54, 1.807) is 25.1 Å². The number of morpholine rings is 1. The van der Waals surface area contributed by atoms with Gasteiger partial charge in [0.05, 0.1) is 28.7 Å². The second-order valence-electron chi connectivity index (χ2n) is 5.98. The number of hydrogen-bond acceptors (Lipinski definition) is 6. The van der Waals surface area contributed by atoms with Crippen LogP contribution in [0.15, 0.2) is 34.8 Å². The summed E-state index contributed by atoms with van der Waals surface area (Å²) in [6.45, 7) is 3.87. The molecule has 2 aromatic carbocycles. The largest absolute Gasteiger partial charge is 0.421 e. The lowest BCUT2D eigenvalue weighted by molar-refractivity contribution is -0.384. The van der Waals surface area contributed by atoms with Crippen LogP contribution in [-0.4, -0.2) is 37.2 Å². The van der Waals surface area contributed by atoms with Crippen molar-refractivity contribution in [3.8, 4) is 5.75 Å². The molecule has 1 aliphatic heterocycles. The van der Waals surface area contributed by atoms with Crippen LogP contribution in [-0.2, 0) is 4.74 Å². The zero-order valence-electron chi connectivity index (χ0n) is 14.4. The summed E-state index contributed by atoms with van der Waals surface area (Å²) in [4.78, 5) is 25.4. The molecule has 0 saturated carbocycles. The molecule has 0 atom stereocenters. The molecule has 1 heterocycles. The molecule has 0 unspecified atom stereocenters. The fraction of sp³-hybridized carbons (Fsp3) is 0.278. The van der Waals surface area contributed by atoms with E-state index in [1.807, 2.05) is 4.90 Å². The molecule has 1 aliphatic rings. The summed E-state index contributed by atoms with van der Waals surface area (Å²) < 4.78 is 11.4. The highest BCUT2D eigenvalue weighted by atomic mass is 79.9. The molecule has 7 nitrogen and oxygen atoms in total. The summed E-state index contributed by atoms with van der Waals surface area (Å²) >= 11 is 9.46. The topological polar surface area (TPSA) is 81.9 Å². The summed E-state index contributed by atoms with van der Waals surface area (Å²) in [5, 5.41) is 11.8. The SMILES string of the molecule is Cc1cc(Br)cc(Cl)c1OC(=O)c1ccc(N2CCOCC2)c([N+](=O)[O-])c1.